The van der Waals surface area contributed by atoms with Crippen LogP contribution in [0.15, 0.2) is 66.7 Å². The number of benzene rings is 3. The molecule has 0 radical (unpaired) electrons. The van der Waals surface area contributed by atoms with E-state index in [-0.39, 0.29) is 6.61 Å². The maximum Gasteiger partial charge on any atom is 0.153 e. The van der Waals surface area contributed by atoms with Crippen molar-refractivity contribution in [2.75, 3.05) is 38.7 Å². The van der Waals surface area contributed by atoms with Gasteiger partial charge in [-0.05, 0) is 116 Å². The molecule has 5 rings (SSSR count). The molecule has 1 fully saturated rings. The fourth-order valence-corrected chi connectivity index (χ4v) is 6.65. The molecule has 0 bridgehead atoms. The third-order valence-corrected chi connectivity index (χ3v) is 9.16. The summed E-state index contributed by atoms with van der Waals surface area (Å²) in [6.45, 7) is 4.02. The lowest BCUT2D eigenvalue weighted by Gasteiger charge is -2.31. The zero-order valence-electron chi connectivity index (χ0n) is 22.4. The lowest BCUT2D eigenvalue weighted by Crippen LogP contribution is -2.36. The predicted octanol–water partition coefficient (Wildman–Crippen LogP) is 8.13. The van der Waals surface area contributed by atoms with Crippen LogP contribution in [0.2, 0.25) is 0 Å². The molecule has 1 aliphatic rings. The van der Waals surface area contributed by atoms with Gasteiger partial charge in [-0.15, -0.1) is 11.3 Å². The van der Waals surface area contributed by atoms with Crippen molar-refractivity contribution in [3.8, 4) is 33.4 Å². The molecule has 1 aromatic heterocycles. The molecule has 2 heterocycles. The SMILES string of the molecule is COc1ccc(-c2sc3cc(CO)ccc3c2Oc2ccc(OCCN3CCC(CCCBr)CC3)cc2)cc1. The third-order valence-electron chi connectivity index (χ3n) is 7.42. The number of halogens is 1. The van der Waals surface area contributed by atoms with E-state index in [2.05, 4.69) is 20.8 Å². The highest BCUT2D eigenvalue weighted by Crippen LogP contribution is 2.47. The maximum absolute atomic E-state index is 9.63. The van der Waals surface area contributed by atoms with Crippen molar-refractivity contribution in [3.63, 3.8) is 0 Å². The number of thiophene rings is 1. The Kier molecular flexibility index (Phi) is 9.80. The number of hydrogen-bond donors (Lipinski definition) is 1. The number of fused-ring (bicyclic) bond motifs is 1. The highest BCUT2D eigenvalue weighted by Gasteiger charge is 2.19. The average Bonchev–Trinajstić information content (AvgIpc) is 3.34. The topological polar surface area (TPSA) is 51.2 Å². The smallest absolute Gasteiger partial charge is 0.153 e. The number of ether oxygens (including phenoxy) is 3. The number of alkyl halides is 1. The van der Waals surface area contributed by atoms with Gasteiger partial charge >= 0.3 is 0 Å². The van der Waals surface area contributed by atoms with Crippen LogP contribution in [0, 0.1) is 5.92 Å². The summed E-state index contributed by atoms with van der Waals surface area (Å²) in [5.74, 6) is 4.13. The van der Waals surface area contributed by atoms with Crippen LogP contribution in [-0.2, 0) is 6.61 Å². The second-order valence-electron chi connectivity index (χ2n) is 10.0. The second kappa shape index (κ2) is 13.7. The van der Waals surface area contributed by atoms with Gasteiger partial charge in [-0.1, -0.05) is 22.0 Å². The number of nitrogens with zero attached hydrogens (tertiary/aromatic N) is 1. The number of piperidine rings is 1. The van der Waals surface area contributed by atoms with Gasteiger partial charge in [0.05, 0.1) is 18.6 Å². The van der Waals surface area contributed by atoms with Crippen LogP contribution >= 0.6 is 27.3 Å². The van der Waals surface area contributed by atoms with Crippen LogP contribution in [0.1, 0.15) is 31.2 Å². The number of hydrogen-bond acceptors (Lipinski definition) is 6. The van der Waals surface area contributed by atoms with Crippen molar-refractivity contribution in [3.05, 3.63) is 72.3 Å². The normalized spacial score (nSPS) is 14.5. The Morgan fingerprint density at radius 2 is 1.67 bits per heavy atom. The van der Waals surface area contributed by atoms with E-state index in [9.17, 15) is 5.11 Å². The maximum atomic E-state index is 9.63. The monoisotopic (exact) mass is 609 g/mol. The lowest BCUT2D eigenvalue weighted by molar-refractivity contribution is 0.151. The van der Waals surface area contributed by atoms with E-state index in [0.29, 0.717) is 6.61 Å². The summed E-state index contributed by atoms with van der Waals surface area (Å²) in [4.78, 5) is 3.56. The van der Waals surface area contributed by atoms with Gasteiger partial charge in [0, 0.05) is 22.0 Å². The van der Waals surface area contributed by atoms with Crippen LogP contribution in [0.25, 0.3) is 20.5 Å². The standard InChI is InChI=1S/C32H36BrNO4S/c1-36-26-7-5-25(6-8-26)32-31(29-13-4-24(22-35)21-30(29)39-32)38-28-11-9-27(10-12-28)37-20-19-34-17-14-23(15-18-34)3-2-16-33/h4-13,21,23,35H,2-3,14-20,22H2,1H3. The van der Waals surface area contributed by atoms with Crippen molar-refractivity contribution in [1.82, 2.24) is 4.90 Å². The van der Waals surface area contributed by atoms with Crippen LogP contribution in [0.5, 0.6) is 23.0 Å². The predicted molar refractivity (Wildman–Crippen MR) is 164 cm³/mol. The van der Waals surface area contributed by atoms with Crippen molar-refractivity contribution < 1.29 is 19.3 Å². The first-order valence-electron chi connectivity index (χ1n) is 13.7. The van der Waals surface area contributed by atoms with Crippen molar-refractivity contribution in [1.29, 1.82) is 0 Å². The zero-order chi connectivity index (χ0) is 27.0. The Balaban J connectivity index is 1.24. The van der Waals surface area contributed by atoms with Crippen LogP contribution in [0.4, 0.5) is 0 Å². The molecule has 0 atom stereocenters. The Morgan fingerprint density at radius 3 is 2.36 bits per heavy atom. The fraction of sp³-hybridized carbons (Fsp3) is 0.375. The van der Waals surface area contributed by atoms with Gasteiger partial charge in [-0.3, -0.25) is 4.90 Å². The molecule has 3 aromatic carbocycles. The molecule has 1 aliphatic heterocycles. The minimum atomic E-state index is 0.0129. The molecule has 206 valence electrons. The number of likely N-dealkylation sites (tertiary alicyclic amines) is 1. The molecule has 0 aliphatic carbocycles. The Hall–Kier alpha value is -2.58. The average molecular weight is 611 g/mol. The summed E-state index contributed by atoms with van der Waals surface area (Å²) in [6, 6.07) is 21.9. The largest absolute Gasteiger partial charge is 0.497 e. The van der Waals surface area contributed by atoms with E-state index >= 15 is 0 Å². The van der Waals surface area contributed by atoms with Crippen molar-refractivity contribution >= 4 is 37.4 Å². The van der Waals surface area contributed by atoms with Gasteiger partial charge in [0.2, 0.25) is 0 Å². The van der Waals surface area contributed by atoms with E-state index in [0.717, 1.165) is 66.9 Å². The molecule has 0 amide bonds. The van der Waals surface area contributed by atoms with Crippen LogP contribution in [0.3, 0.4) is 0 Å². The van der Waals surface area contributed by atoms with E-state index in [1.54, 1.807) is 18.4 Å². The lowest BCUT2D eigenvalue weighted by atomic mass is 9.92. The summed E-state index contributed by atoms with van der Waals surface area (Å²) >= 11 is 5.21. The highest BCUT2D eigenvalue weighted by molar-refractivity contribution is 9.09. The van der Waals surface area contributed by atoms with Gasteiger partial charge in [0.1, 0.15) is 23.9 Å². The molecule has 7 heteroatoms. The van der Waals surface area contributed by atoms with Gasteiger partial charge in [-0.2, -0.15) is 0 Å². The van der Waals surface area contributed by atoms with E-state index in [1.165, 1.54) is 38.8 Å². The quantitative estimate of drug-likeness (QED) is 0.164. The number of aliphatic hydroxyl groups is 1. The van der Waals surface area contributed by atoms with Gasteiger partial charge in [0.15, 0.2) is 5.75 Å². The third kappa shape index (κ3) is 7.14. The number of rotatable bonds is 12. The van der Waals surface area contributed by atoms with E-state index in [1.807, 2.05) is 66.7 Å². The second-order valence-corrected chi connectivity index (χ2v) is 11.9. The molecule has 5 nitrogen and oxygen atoms in total. The summed E-state index contributed by atoms with van der Waals surface area (Å²) < 4.78 is 19.0. The first-order valence-corrected chi connectivity index (χ1v) is 15.6. The van der Waals surface area contributed by atoms with Gasteiger partial charge in [-0.25, -0.2) is 0 Å². The first-order chi connectivity index (χ1) is 19.2. The fourth-order valence-electron chi connectivity index (χ4n) is 5.13. The summed E-state index contributed by atoms with van der Waals surface area (Å²) in [7, 11) is 1.67. The molecule has 0 spiro atoms. The molecular formula is C32H36BrNO4S. The molecule has 0 unspecified atom stereocenters. The van der Waals surface area contributed by atoms with E-state index < -0.39 is 0 Å². The van der Waals surface area contributed by atoms with Crippen molar-refractivity contribution in [2.24, 2.45) is 5.92 Å². The number of methoxy groups -OCH3 is 1. The summed E-state index contributed by atoms with van der Waals surface area (Å²) in [6.07, 6.45) is 5.23. The van der Waals surface area contributed by atoms with Gasteiger partial charge < -0.3 is 19.3 Å². The molecule has 39 heavy (non-hydrogen) atoms. The van der Waals surface area contributed by atoms with Crippen molar-refractivity contribution in [2.45, 2.75) is 32.3 Å². The first kappa shape index (κ1) is 28.0. The molecule has 1 saturated heterocycles. The Morgan fingerprint density at radius 1 is 0.949 bits per heavy atom. The molecule has 1 N–H and O–H groups in total. The Labute approximate surface area is 243 Å². The molecule has 0 saturated carbocycles. The summed E-state index contributed by atoms with van der Waals surface area (Å²) in [5, 5.41) is 11.8. The summed E-state index contributed by atoms with van der Waals surface area (Å²) in [5.41, 5.74) is 1.95. The minimum Gasteiger partial charge on any atom is -0.497 e. The Bertz CT molecular complexity index is 1330. The molecule has 4 aromatic rings. The van der Waals surface area contributed by atoms with E-state index in [4.69, 9.17) is 14.2 Å². The van der Waals surface area contributed by atoms with Gasteiger partial charge in [0.25, 0.3) is 0 Å². The van der Waals surface area contributed by atoms with Crippen LogP contribution < -0.4 is 14.2 Å². The molecular weight excluding hydrogens is 574 g/mol. The van der Waals surface area contributed by atoms with Crippen LogP contribution in [-0.4, -0.2) is 48.7 Å². The highest BCUT2D eigenvalue weighted by atomic mass is 79.9. The number of aliphatic hydroxyl groups excluding tert-OH is 1. The minimum absolute atomic E-state index is 0.0129. The zero-order valence-corrected chi connectivity index (χ0v) is 24.8.